The quantitative estimate of drug-likeness (QED) is 0.765. The molecule has 19 heavy (non-hydrogen) atoms. The summed E-state index contributed by atoms with van der Waals surface area (Å²) in [6, 6.07) is 4.91. The summed E-state index contributed by atoms with van der Waals surface area (Å²) in [7, 11) is 1.73. The number of anilines is 1. The highest BCUT2D eigenvalue weighted by atomic mass is 16.3. The zero-order valence-corrected chi connectivity index (χ0v) is 10.8. The second-order valence-electron chi connectivity index (χ2n) is 4.38. The molecule has 1 aromatic carbocycles. The van der Waals surface area contributed by atoms with E-state index in [1.807, 2.05) is 6.92 Å². The van der Waals surface area contributed by atoms with Crippen molar-refractivity contribution in [3.63, 3.8) is 0 Å². The number of aromatic nitrogens is 2. The first kappa shape index (κ1) is 12.9. The SMILES string of the molecule is Cc1ccc(C(=O)NCc2cnn(C)c2N)c(O)c1. The zero-order valence-electron chi connectivity index (χ0n) is 10.8. The van der Waals surface area contributed by atoms with Crippen molar-refractivity contribution in [1.29, 1.82) is 0 Å². The average molecular weight is 260 g/mol. The summed E-state index contributed by atoms with van der Waals surface area (Å²) in [4.78, 5) is 11.9. The fourth-order valence-corrected chi connectivity index (χ4v) is 1.73. The minimum Gasteiger partial charge on any atom is -0.507 e. The number of nitrogens with one attached hydrogen (secondary N) is 1. The maximum atomic E-state index is 11.9. The molecule has 2 rings (SSSR count). The highest BCUT2D eigenvalue weighted by Gasteiger charge is 2.12. The van der Waals surface area contributed by atoms with Crippen LogP contribution in [0.3, 0.4) is 0 Å². The fraction of sp³-hybridized carbons (Fsp3) is 0.231. The van der Waals surface area contributed by atoms with Crippen LogP contribution in [0, 0.1) is 6.92 Å². The third-order valence-corrected chi connectivity index (χ3v) is 2.90. The van der Waals surface area contributed by atoms with Crippen molar-refractivity contribution in [2.24, 2.45) is 7.05 Å². The van der Waals surface area contributed by atoms with Crippen molar-refractivity contribution in [1.82, 2.24) is 15.1 Å². The number of phenolic OH excluding ortho intramolecular Hbond substituents is 1. The van der Waals surface area contributed by atoms with Gasteiger partial charge in [-0.1, -0.05) is 6.07 Å². The molecular weight excluding hydrogens is 244 g/mol. The Morgan fingerprint density at radius 2 is 2.26 bits per heavy atom. The molecule has 2 aromatic rings. The number of amides is 1. The maximum Gasteiger partial charge on any atom is 0.255 e. The summed E-state index contributed by atoms with van der Waals surface area (Å²) in [5, 5.41) is 16.4. The number of carbonyl (C=O) groups excluding carboxylic acids is 1. The van der Waals surface area contributed by atoms with E-state index in [1.54, 1.807) is 31.4 Å². The molecule has 0 aliphatic rings. The lowest BCUT2D eigenvalue weighted by molar-refractivity contribution is 0.0948. The molecule has 0 bridgehead atoms. The molecule has 6 nitrogen and oxygen atoms in total. The van der Waals surface area contributed by atoms with Crippen molar-refractivity contribution in [3.05, 3.63) is 41.1 Å². The summed E-state index contributed by atoms with van der Waals surface area (Å²) in [5.74, 6) is 0.130. The van der Waals surface area contributed by atoms with Crippen LogP contribution in [-0.4, -0.2) is 20.8 Å². The normalized spacial score (nSPS) is 10.4. The van der Waals surface area contributed by atoms with Gasteiger partial charge in [0.2, 0.25) is 0 Å². The molecule has 0 spiro atoms. The van der Waals surface area contributed by atoms with E-state index in [9.17, 15) is 9.90 Å². The first-order valence-electron chi connectivity index (χ1n) is 5.83. The molecule has 0 unspecified atom stereocenters. The Balaban J connectivity index is 2.07. The van der Waals surface area contributed by atoms with E-state index in [4.69, 9.17) is 5.73 Å². The largest absolute Gasteiger partial charge is 0.507 e. The third-order valence-electron chi connectivity index (χ3n) is 2.90. The van der Waals surface area contributed by atoms with Gasteiger partial charge in [0.25, 0.3) is 5.91 Å². The average Bonchev–Trinajstić information content (AvgIpc) is 2.67. The van der Waals surface area contributed by atoms with Gasteiger partial charge in [0, 0.05) is 19.2 Å². The lowest BCUT2D eigenvalue weighted by atomic mass is 10.1. The van der Waals surface area contributed by atoms with E-state index >= 15 is 0 Å². The number of hydrogen-bond donors (Lipinski definition) is 3. The molecule has 0 atom stereocenters. The smallest absolute Gasteiger partial charge is 0.255 e. The van der Waals surface area contributed by atoms with Crippen LogP contribution < -0.4 is 11.1 Å². The summed E-state index contributed by atoms with van der Waals surface area (Å²) in [5.41, 5.74) is 7.65. The third kappa shape index (κ3) is 2.67. The molecule has 0 saturated carbocycles. The lowest BCUT2D eigenvalue weighted by Gasteiger charge is -2.07. The van der Waals surface area contributed by atoms with Crippen molar-refractivity contribution in [2.75, 3.05) is 5.73 Å². The predicted octanol–water partition coefficient (Wildman–Crippen LogP) is 0.946. The molecular formula is C13H16N4O2. The molecule has 100 valence electrons. The highest BCUT2D eigenvalue weighted by Crippen LogP contribution is 2.18. The zero-order chi connectivity index (χ0) is 14.0. The molecule has 0 aliphatic carbocycles. The molecule has 0 fully saturated rings. The van der Waals surface area contributed by atoms with Crippen LogP contribution in [0.5, 0.6) is 5.75 Å². The molecule has 4 N–H and O–H groups in total. The van der Waals surface area contributed by atoms with Crippen LogP contribution in [0.25, 0.3) is 0 Å². The minimum atomic E-state index is -0.347. The first-order valence-corrected chi connectivity index (χ1v) is 5.83. The molecule has 1 amide bonds. The Kier molecular flexibility index (Phi) is 3.41. The van der Waals surface area contributed by atoms with Crippen LogP contribution in [0.4, 0.5) is 5.82 Å². The van der Waals surface area contributed by atoms with Crippen molar-refractivity contribution < 1.29 is 9.90 Å². The van der Waals surface area contributed by atoms with Gasteiger partial charge < -0.3 is 16.2 Å². The van der Waals surface area contributed by atoms with Gasteiger partial charge in [-0.15, -0.1) is 0 Å². The number of aryl methyl sites for hydroxylation is 2. The standard InChI is InChI=1S/C13H16N4O2/c1-8-3-4-10(11(18)5-8)13(19)15-6-9-7-16-17(2)12(9)14/h3-5,7,18H,6,14H2,1-2H3,(H,15,19). The predicted molar refractivity (Wildman–Crippen MR) is 71.6 cm³/mol. The molecule has 0 aliphatic heterocycles. The number of nitrogens with two attached hydrogens (primary N) is 1. The summed E-state index contributed by atoms with van der Waals surface area (Å²) < 4.78 is 1.53. The van der Waals surface area contributed by atoms with Gasteiger partial charge in [0.1, 0.15) is 11.6 Å². The van der Waals surface area contributed by atoms with E-state index < -0.39 is 0 Å². The Hall–Kier alpha value is -2.50. The Labute approximate surface area is 110 Å². The topological polar surface area (TPSA) is 93.2 Å². The van der Waals surface area contributed by atoms with Crippen molar-refractivity contribution >= 4 is 11.7 Å². The number of nitrogen functional groups attached to an aromatic ring is 1. The Morgan fingerprint density at radius 3 is 2.84 bits per heavy atom. The van der Waals surface area contributed by atoms with Gasteiger partial charge >= 0.3 is 0 Å². The van der Waals surface area contributed by atoms with Crippen molar-refractivity contribution in [2.45, 2.75) is 13.5 Å². The number of aromatic hydroxyl groups is 1. The maximum absolute atomic E-state index is 11.9. The van der Waals surface area contributed by atoms with Crippen LogP contribution >= 0.6 is 0 Å². The van der Waals surface area contributed by atoms with Gasteiger partial charge in [-0.3, -0.25) is 9.48 Å². The molecule has 6 heteroatoms. The number of phenols is 1. The van der Waals surface area contributed by atoms with E-state index in [0.717, 1.165) is 11.1 Å². The second-order valence-corrected chi connectivity index (χ2v) is 4.38. The molecule has 1 aromatic heterocycles. The molecule has 0 radical (unpaired) electrons. The summed E-state index contributed by atoms with van der Waals surface area (Å²) in [6.07, 6.45) is 1.60. The monoisotopic (exact) mass is 260 g/mol. The van der Waals surface area contributed by atoms with Crippen LogP contribution in [0.2, 0.25) is 0 Å². The Morgan fingerprint density at radius 1 is 1.53 bits per heavy atom. The van der Waals surface area contributed by atoms with Crippen LogP contribution in [-0.2, 0) is 13.6 Å². The van der Waals surface area contributed by atoms with Gasteiger partial charge in [-0.2, -0.15) is 5.10 Å². The number of hydrogen-bond acceptors (Lipinski definition) is 4. The van der Waals surface area contributed by atoms with Gasteiger partial charge in [0.15, 0.2) is 0 Å². The molecule has 0 saturated heterocycles. The second kappa shape index (κ2) is 5.01. The Bertz CT molecular complexity index is 619. The van der Waals surface area contributed by atoms with Gasteiger partial charge in [-0.05, 0) is 24.6 Å². The lowest BCUT2D eigenvalue weighted by Crippen LogP contribution is -2.23. The fourth-order valence-electron chi connectivity index (χ4n) is 1.73. The highest BCUT2D eigenvalue weighted by molar-refractivity contribution is 5.96. The first-order chi connectivity index (χ1) is 8.99. The number of rotatable bonds is 3. The number of benzene rings is 1. The number of nitrogens with zero attached hydrogens (tertiary/aromatic N) is 2. The van der Waals surface area contributed by atoms with E-state index in [1.165, 1.54) is 4.68 Å². The molecule has 1 heterocycles. The summed E-state index contributed by atoms with van der Waals surface area (Å²) >= 11 is 0. The number of carbonyl (C=O) groups is 1. The van der Waals surface area contributed by atoms with E-state index in [-0.39, 0.29) is 23.8 Å². The van der Waals surface area contributed by atoms with Gasteiger partial charge in [-0.25, -0.2) is 0 Å². The van der Waals surface area contributed by atoms with Crippen molar-refractivity contribution in [3.8, 4) is 5.75 Å². The summed E-state index contributed by atoms with van der Waals surface area (Å²) in [6.45, 7) is 2.11. The van der Waals surface area contributed by atoms with E-state index in [0.29, 0.717) is 5.82 Å². The minimum absolute atomic E-state index is 0.0309. The van der Waals surface area contributed by atoms with Crippen LogP contribution in [0.15, 0.2) is 24.4 Å². The van der Waals surface area contributed by atoms with Crippen LogP contribution in [0.1, 0.15) is 21.5 Å². The van der Waals surface area contributed by atoms with E-state index in [2.05, 4.69) is 10.4 Å². The van der Waals surface area contributed by atoms with Gasteiger partial charge in [0.05, 0.1) is 11.8 Å².